The number of carbonyl (C=O) groups excluding carboxylic acids is 2. The van der Waals surface area contributed by atoms with Crippen LogP contribution in [0.1, 0.15) is 22.7 Å². The van der Waals surface area contributed by atoms with Crippen LogP contribution in [0.5, 0.6) is 5.75 Å². The molecule has 126 valence electrons. The maximum absolute atomic E-state index is 12.0. The molecule has 1 saturated heterocycles. The third kappa shape index (κ3) is 4.55. The molecule has 1 fully saturated rings. The topological polar surface area (TPSA) is 77.5 Å². The Kier molecular flexibility index (Phi) is 5.10. The van der Waals surface area contributed by atoms with Crippen LogP contribution in [-0.4, -0.2) is 29.5 Å². The molecule has 0 unspecified atom stereocenters. The molecule has 1 atom stereocenters. The summed E-state index contributed by atoms with van der Waals surface area (Å²) in [6, 6.07) is 7.59. The molecule has 7 heteroatoms. The Labute approximate surface area is 143 Å². The molecule has 2 heterocycles. The van der Waals surface area contributed by atoms with Crippen molar-refractivity contribution in [2.24, 2.45) is 0 Å². The number of amides is 1. The van der Waals surface area contributed by atoms with Crippen molar-refractivity contribution >= 4 is 23.2 Å². The number of hydrogen-bond acceptors (Lipinski definition) is 6. The van der Waals surface area contributed by atoms with E-state index in [1.807, 2.05) is 36.6 Å². The van der Waals surface area contributed by atoms with Crippen molar-refractivity contribution in [1.82, 2.24) is 10.3 Å². The SMILES string of the molecule is Cc1ccc(OCc2nc(CC(=O)N[C@@H]3COC(=O)C3)cs2)cc1. The lowest BCUT2D eigenvalue weighted by Crippen LogP contribution is -2.36. The highest BCUT2D eigenvalue weighted by atomic mass is 32.1. The van der Waals surface area contributed by atoms with E-state index in [0.717, 1.165) is 10.8 Å². The average molecular weight is 346 g/mol. The Balaban J connectivity index is 1.47. The molecule has 2 aromatic rings. The van der Waals surface area contributed by atoms with Crippen molar-refractivity contribution in [3.8, 4) is 5.75 Å². The molecule has 1 aromatic heterocycles. The number of rotatable bonds is 6. The third-order valence-electron chi connectivity index (χ3n) is 3.55. The fraction of sp³-hybridized carbons (Fsp3) is 0.353. The summed E-state index contributed by atoms with van der Waals surface area (Å²) in [5, 5.41) is 5.45. The van der Waals surface area contributed by atoms with Gasteiger partial charge in [-0.2, -0.15) is 0 Å². The van der Waals surface area contributed by atoms with Crippen molar-refractivity contribution in [1.29, 1.82) is 0 Å². The second-order valence-corrected chi connectivity index (χ2v) is 6.61. The van der Waals surface area contributed by atoms with Gasteiger partial charge in [0.2, 0.25) is 5.91 Å². The maximum Gasteiger partial charge on any atom is 0.308 e. The van der Waals surface area contributed by atoms with E-state index in [-0.39, 0.29) is 37.4 Å². The molecule has 1 N–H and O–H groups in total. The van der Waals surface area contributed by atoms with Gasteiger partial charge >= 0.3 is 5.97 Å². The number of cyclic esters (lactones) is 1. The first kappa shape index (κ1) is 16.4. The molecule has 0 aliphatic carbocycles. The number of carbonyl (C=O) groups is 2. The van der Waals surface area contributed by atoms with E-state index < -0.39 is 0 Å². The van der Waals surface area contributed by atoms with Crippen LogP contribution in [0, 0.1) is 6.92 Å². The monoisotopic (exact) mass is 346 g/mol. The van der Waals surface area contributed by atoms with Crippen LogP contribution in [0.25, 0.3) is 0 Å². The first-order valence-corrected chi connectivity index (χ1v) is 8.54. The minimum Gasteiger partial charge on any atom is -0.486 e. The quantitative estimate of drug-likeness (QED) is 0.810. The summed E-state index contributed by atoms with van der Waals surface area (Å²) in [7, 11) is 0. The van der Waals surface area contributed by atoms with E-state index in [9.17, 15) is 9.59 Å². The number of nitrogens with zero attached hydrogens (tertiary/aromatic N) is 1. The van der Waals surface area contributed by atoms with E-state index in [1.54, 1.807) is 0 Å². The van der Waals surface area contributed by atoms with Crippen LogP contribution in [0.3, 0.4) is 0 Å². The van der Waals surface area contributed by atoms with Gasteiger partial charge < -0.3 is 14.8 Å². The minimum absolute atomic E-state index is 0.158. The van der Waals surface area contributed by atoms with Gasteiger partial charge in [-0.3, -0.25) is 9.59 Å². The van der Waals surface area contributed by atoms with Crippen LogP contribution < -0.4 is 10.1 Å². The molecule has 24 heavy (non-hydrogen) atoms. The molecule has 1 aliphatic heterocycles. The molecule has 6 nitrogen and oxygen atoms in total. The van der Waals surface area contributed by atoms with Crippen molar-refractivity contribution in [2.75, 3.05) is 6.61 Å². The van der Waals surface area contributed by atoms with Crippen LogP contribution in [-0.2, 0) is 27.4 Å². The summed E-state index contributed by atoms with van der Waals surface area (Å²) in [5.74, 6) is 0.361. The molecular formula is C17H18N2O4S. The Morgan fingerprint density at radius 1 is 1.42 bits per heavy atom. The largest absolute Gasteiger partial charge is 0.486 e. The van der Waals surface area contributed by atoms with Gasteiger partial charge in [0.15, 0.2) is 0 Å². The standard InChI is InChI=1S/C17H18N2O4S/c1-11-2-4-14(5-3-11)22-9-16-19-13(10-24-16)6-15(20)18-12-7-17(21)23-8-12/h2-5,10,12H,6-9H2,1H3,(H,18,20)/t12-/m0/s1. The van der Waals surface area contributed by atoms with Gasteiger partial charge in [-0.05, 0) is 19.1 Å². The Bertz CT molecular complexity index is 726. The van der Waals surface area contributed by atoms with Crippen molar-refractivity contribution in [3.63, 3.8) is 0 Å². The molecule has 0 spiro atoms. The summed E-state index contributed by atoms with van der Waals surface area (Å²) >= 11 is 1.46. The zero-order valence-electron chi connectivity index (χ0n) is 13.3. The first-order valence-electron chi connectivity index (χ1n) is 7.66. The second kappa shape index (κ2) is 7.44. The van der Waals surface area contributed by atoms with Crippen LogP contribution >= 0.6 is 11.3 Å². The lowest BCUT2D eigenvalue weighted by atomic mass is 10.2. The van der Waals surface area contributed by atoms with Crippen molar-refractivity contribution in [2.45, 2.75) is 32.4 Å². The summed E-state index contributed by atoms with van der Waals surface area (Å²) in [5.41, 5.74) is 1.88. The summed E-state index contributed by atoms with van der Waals surface area (Å²) in [6.07, 6.45) is 0.421. The van der Waals surface area contributed by atoms with E-state index in [4.69, 9.17) is 9.47 Å². The van der Waals surface area contributed by atoms with E-state index in [1.165, 1.54) is 16.9 Å². The fourth-order valence-corrected chi connectivity index (χ4v) is 3.03. The van der Waals surface area contributed by atoms with Gasteiger partial charge in [0, 0.05) is 5.38 Å². The number of aryl methyl sites for hydroxylation is 1. The Morgan fingerprint density at radius 2 is 2.21 bits per heavy atom. The van der Waals surface area contributed by atoms with Crippen molar-refractivity contribution in [3.05, 3.63) is 45.9 Å². The highest BCUT2D eigenvalue weighted by Crippen LogP contribution is 2.16. The molecule has 1 aliphatic rings. The van der Waals surface area contributed by atoms with Crippen molar-refractivity contribution < 1.29 is 19.1 Å². The summed E-state index contributed by atoms with van der Waals surface area (Å²) in [4.78, 5) is 27.4. The highest BCUT2D eigenvalue weighted by Gasteiger charge is 2.25. The zero-order valence-corrected chi connectivity index (χ0v) is 14.1. The molecule has 0 radical (unpaired) electrons. The number of benzene rings is 1. The van der Waals surface area contributed by atoms with Crippen LogP contribution in [0.15, 0.2) is 29.6 Å². The first-order chi connectivity index (χ1) is 11.6. The average Bonchev–Trinajstić information content (AvgIpc) is 3.16. The number of aromatic nitrogens is 1. The number of ether oxygens (including phenoxy) is 2. The third-order valence-corrected chi connectivity index (χ3v) is 4.42. The predicted octanol–water partition coefficient (Wildman–Crippen LogP) is 2.00. The number of esters is 1. The van der Waals surface area contributed by atoms with E-state index >= 15 is 0 Å². The smallest absolute Gasteiger partial charge is 0.308 e. The minimum atomic E-state index is -0.274. The van der Waals surface area contributed by atoms with Gasteiger partial charge in [-0.25, -0.2) is 4.98 Å². The fourth-order valence-electron chi connectivity index (χ4n) is 2.32. The second-order valence-electron chi connectivity index (χ2n) is 5.66. The maximum atomic E-state index is 12.0. The van der Waals surface area contributed by atoms with Gasteiger partial charge in [-0.1, -0.05) is 17.7 Å². The Morgan fingerprint density at radius 3 is 2.92 bits per heavy atom. The molecule has 3 rings (SSSR count). The molecule has 0 bridgehead atoms. The van der Waals surface area contributed by atoms with E-state index in [2.05, 4.69) is 10.3 Å². The van der Waals surface area contributed by atoms with E-state index in [0.29, 0.717) is 12.3 Å². The van der Waals surface area contributed by atoms with Gasteiger partial charge in [-0.15, -0.1) is 11.3 Å². The lowest BCUT2D eigenvalue weighted by Gasteiger charge is -2.08. The summed E-state index contributed by atoms with van der Waals surface area (Å²) < 4.78 is 10.5. The normalized spacial score (nSPS) is 16.7. The van der Waals surface area contributed by atoms with Gasteiger partial charge in [0.1, 0.15) is 24.0 Å². The lowest BCUT2D eigenvalue weighted by molar-refractivity contribution is -0.138. The Hall–Kier alpha value is -2.41. The number of thiazole rings is 1. The van der Waals surface area contributed by atoms with Crippen LogP contribution in [0.4, 0.5) is 0 Å². The predicted molar refractivity (Wildman–Crippen MR) is 88.8 cm³/mol. The molecule has 0 saturated carbocycles. The molecule has 1 amide bonds. The molecule has 1 aromatic carbocycles. The number of hydrogen-bond donors (Lipinski definition) is 1. The summed E-state index contributed by atoms with van der Waals surface area (Å²) in [6.45, 7) is 2.65. The highest BCUT2D eigenvalue weighted by molar-refractivity contribution is 7.09. The molecular weight excluding hydrogens is 328 g/mol. The van der Waals surface area contributed by atoms with Crippen LogP contribution in [0.2, 0.25) is 0 Å². The zero-order chi connectivity index (χ0) is 16.9. The number of nitrogens with one attached hydrogen (secondary N) is 1. The van der Waals surface area contributed by atoms with Gasteiger partial charge in [0.05, 0.1) is 24.6 Å². The van der Waals surface area contributed by atoms with Gasteiger partial charge in [0.25, 0.3) is 0 Å².